The topological polar surface area (TPSA) is 58.3 Å². The summed E-state index contributed by atoms with van der Waals surface area (Å²) in [5.41, 5.74) is 5.94. The van der Waals surface area contributed by atoms with E-state index in [4.69, 9.17) is 5.73 Å². The zero-order valence-corrected chi connectivity index (χ0v) is 9.69. The second-order valence-electron chi connectivity index (χ2n) is 4.19. The van der Waals surface area contributed by atoms with Crippen molar-refractivity contribution in [1.82, 2.24) is 14.9 Å². The fourth-order valence-electron chi connectivity index (χ4n) is 1.85. The zero-order chi connectivity index (χ0) is 13.2. The number of nitrogens with two attached hydrogens (primary N) is 1. The van der Waals surface area contributed by atoms with Crippen LogP contribution in [0.25, 0.3) is 0 Å². The molecule has 0 amide bonds. The Bertz CT molecular complexity index is 383. The Hall–Kier alpha value is -1.57. The molecule has 0 spiro atoms. The predicted molar refractivity (Wildman–Crippen MR) is 61.2 cm³/mol. The van der Waals surface area contributed by atoms with Crippen molar-refractivity contribution in [2.45, 2.75) is 6.18 Å². The van der Waals surface area contributed by atoms with E-state index in [-0.39, 0.29) is 0 Å². The molecule has 0 atom stereocenters. The van der Waals surface area contributed by atoms with Crippen LogP contribution in [0.4, 0.5) is 24.8 Å². The summed E-state index contributed by atoms with van der Waals surface area (Å²) in [5, 5.41) is 0. The fourth-order valence-corrected chi connectivity index (χ4v) is 1.85. The maximum atomic E-state index is 12.2. The summed E-state index contributed by atoms with van der Waals surface area (Å²) in [6.45, 7) is 0.823. The van der Waals surface area contributed by atoms with Crippen molar-refractivity contribution < 1.29 is 13.2 Å². The molecule has 0 bridgehead atoms. The van der Waals surface area contributed by atoms with Gasteiger partial charge < -0.3 is 10.6 Å². The van der Waals surface area contributed by atoms with Gasteiger partial charge in [0.05, 0.1) is 24.6 Å². The first kappa shape index (κ1) is 12.9. The highest BCUT2D eigenvalue weighted by Gasteiger charge is 2.32. The SMILES string of the molecule is Nc1cnc(N2CCN(CC(F)(F)F)CC2)nc1. The first-order valence-electron chi connectivity index (χ1n) is 5.55. The van der Waals surface area contributed by atoms with E-state index in [1.54, 1.807) is 0 Å². The first-order chi connectivity index (χ1) is 8.44. The molecule has 2 rings (SSSR count). The third-order valence-corrected chi connectivity index (χ3v) is 2.72. The van der Waals surface area contributed by atoms with E-state index in [9.17, 15) is 13.2 Å². The van der Waals surface area contributed by atoms with Crippen LogP contribution in [0.3, 0.4) is 0 Å². The van der Waals surface area contributed by atoms with Crippen molar-refractivity contribution in [3.8, 4) is 0 Å². The third kappa shape index (κ3) is 3.46. The second-order valence-corrected chi connectivity index (χ2v) is 4.19. The molecule has 0 unspecified atom stereocenters. The van der Waals surface area contributed by atoms with Gasteiger partial charge in [-0.2, -0.15) is 13.2 Å². The summed E-state index contributed by atoms with van der Waals surface area (Å²) in [7, 11) is 0. The van der Waals surface area contributed by atoms with Crippen LogP contribution >= 0.6 is 0 Å². The van der Waals surface area contributed by atoms with Crippen LogP contribution in [0, 0.1) is 0 Å². The molecule has 1 aromatic rings. The Balaban J connectivity index is 1.88. The minimum absolute atomic E-state index is 0.354. The van der Waals surface area contributed by atoms with E-state index in [0.717, 1.165) is 0 Å². The van der Waals surface area contributed by atoms with Crippen molar-refractivity contribution in [2.75, 3.05) is 43.4 Å². The van der Waals surface area contributed by atoms with Crippen LogP contribution < -0.4 is 10.6 Å². The maximum absolute atomic E-state index is 12.2. The normalized spacial score (nSPS) is 18.1. The van der Waals surface area contributed by atoms with Crippen LogP contribution in [0.15, 0.2) is 12.4 Å². The number of alkyl halides is 3. The van der Waals surface area contributed by atoms with Gasteiger partial charge in [-0.15, -0.1) is 0 Å². The molecule has 1 saturated heterocycles. The molecule has 100 valence electrons. The van der Waals surface area contributed by atoms with Crippen molar-refractivity contribution >= 4 is 11.6 Å². The Morgan fingerprint density at radius 2 is 1.67 bits per heavy atom. The van der Waals surface area contributed by atoms with Gasteiger partial charge >= 0.3 is 6.18 Å². The monoisotopic (exact) mass is 261 g/mol. The number of nitrogens with zero attached hydrogens (tertiary/aromatic N) is 4. The highest BCUT2D eigenvalue weighted by atomic mass is 19.4. The van der Waals surface area contributed by atoms with Crippen LogP contribution in [0.5, 0.6) is 0 Å². The molecule has 1 aromatic heterocycles. The van der Waals surface area contributed by atoms with E-state index >= 15 is 0 Å². The molecule has 8 heteroatoms. The van der Waals surface area contributed by atoms with E-state index in [1.807, 2.05) is 4.90 Å². The number of nitrogen functional groups attached to an aromatic ring is 1. The number of halogens is 3. The van der Waals surface area contributed by atoms with Gasteiger partial charge in [-0.05, 0) is 0 Å². The molecule has 0 aromatic carbocycles. The summed E-state index contributed by atoms with van der Waals surface area (Å²) in [6.07, 6.45) is -1.16. The Morgan fingerprint density at radius 3 is 2.17 bits per heavy atom. The number of aromatic nitrogens is 2. The average molecular weight is 261 g/mol. The van der Waals surface area contributed by atoms with E-state index in [1.165, 1.54) is 17.3 Å². The molecule has 0 aliphatic carbocycles. The van der Waals surface area contributed by atoms with Gasteiger partial charge in [-0.1, -0.05) is 0 Å². The van der Waals surface area contributed by atoms with Crippen molar-refractivity contribution in [1.29, 1.82) is 0 Å². The molecule has 2 N–H and O–H groups in total. The summed E-state index contributed by atoms with van der Waals surface area (Å²) in [6, 6.07) is 0. The minimum Gasteiger partial charge on any atom is -0.396 e. The number of hydrogen-bond acceptors (Lipinski definition) is 5. The Morgan fingerprint density at radius 1 is 1.11 bits per heavy atom. The third-order valence-electron chi connectivity index (χ3n) is 2.72. The molecular formula is C10H14F3N5. The van der Waals surface area contributed by atoms with Crippen molar-refractivity contribution in [2.24, 2.45) is 0 Å². The summed E-state index contributed by atoms with van der Waals surface area (Å²) in [4.78, 5) is 11.3. The van der Waals surface area contributed by atoms with Gasteiger partial charge in [0.25, 0.3) is 0 Å². The van der Waals surface area contributed by atoms with E-state index in [0.29, 0.717) is 37.8 Å². The highest BCUT2D eigenvalue weighted by molar-refractivity contribution is 5.38. The number of piperazine rings is 1. The quantitative estimate of drug-likeness (QED) is 0.851. The lowest BCUT2D eigenvalue weighted by Gasteiger charge is -2.34. The minimum atomic E-state index is -4.14. The standard InChI is InChI=1S/C10H14F3N5/c11-10(12,13)7-17-1-3-18(4-2-17)9-15-5-8(14)6-16-9/h5-6H,1-4,7,14H2. The smallest absolute Gasteiger partial charge is 0.396 e. The van der Waals surface area contributed by atoms with E-state index in [2.05, 4.69) is 9.97 Å². The molecular weight excluding hydrogens is 247 g/mol. The molecule has 1 aliphatic rings. The molecule has 18 heavy (non-hydrogen) atoms. The molecule has 0 saturated carbocycles. The fraction of sp³-hybridized carbons (Fsp3) is 0.600. The van der Waals surface area contributed by atoms with Gasteiger partial charge in [0.2, 0.25) is 5.95 Å². The Labute approximate surface area is 102 Å². The lowest BCUT2D eigenvalue weighted by molar-refractivity contribution is -0.146. The largest absolute Gasteiger partial charge is 0.401 e. The van der Waals surface area contributed by atoms with Crippen LogP contribution in [0.2, 0.25) is 0 Å². The molecule has 0 radical (unpaired) electrons. The van der Waals surface area contributed by atoms with Crippen molar-refractivity contribution in [3.63, 3.8) is 0 Å². The number of rotatable bonds is 2. The maximum Gasteiger partial charge on any atom is 0.401 e. The van der Waals surface area contributed by atoms with Crippen LogP contribution in [0.1, 0.15) is 0 Å². The van der Waals surface area contributed by atoms with E-state index < -0.39 is 12.7 Å². The van der Waals surface area contributed by atoms with Gasteiger partial charge in [0.1, 0.15) is 0 Å². The average Bonchev–Trinajstić information content (AvgIpc) is 2.29. The lowest BCUT2D eigenvalue weighted by Crippen LogP contribution is -2.49. The molecule has 1 fully saturated rings. The summed E-state index contributed by atoms with van der Waals surface area (Å²) < 4.78 is 36.6. The highest BCUT2D eigenvalue weighted by Crippen LogP contribution is 2.18. The van der Waals surface area contributed by atoms with Gasteiger partial charge in [0.15, 0.2) is 0 Å². The second kappa shape index (κ2) is 4.97. The summed E-state index contributed by atoms with van der Waals surface area (Å²) >= 11 is 0. The number of anilines is 2. The van der Waals surface area contributed by atoms with Crippen LogP contribution in [-0.2, 0) is 0 Å². The summed E-state index contributed by atoms with van der Waals surface area (Å²) in [5.74, 6) is 0.510. The predicted octanol–water partition coefficient (Wildman–Crippen LogP) is 0.743. The van der Waals surface area contributed by atoms with Crippen molar-refractivity contribution in [3.05, 3.63) is 12.4 Å². The Kier molecular flexibility index (Phi) is 3.55. The van der Waals surface area contributed by atoms with Gasteiger partial charge in [-0.25, -0.2) is 9.97 Å². The zero-order valence-electron chi connectivity index (χ0n) is 9.69. The number of hydrogen-bond donors (Lipinski definition) is 1. The van der Waals surface area contributed by atoms with Gasteiger partial charge in [-0.3, -0.25) is 4.90 Å². The first-order valence-corrected chi connectivity index (χ1v) is 5.55. The molecule has 1 aliphatic heterocycles. The van der Waals surface area contributed by atoms with Gasteiger partial charge in [0, 0.05) is 26.2 Å². The molecule has 2 heterocycles. The van der Waals surface area contributed by atoms with Crippen LogP contribution in [-0.4, -0.2) is 53.8 Å². The molecule has 5 nitrogen and oxygen atoms in total. The lowest BCUT2D eigenvalue weighted by atomic mass is 10.3.